The molecular weight excluding hydrogens is 302 g/mol. The normalized spacial score (nSPS) is 18.4. The second-order valence-corrected chi connectivity index (χ2v) is 6.26. The number of hydrogen-bond donors (Lipinski definition) is 1. The van der Waals surface area contributed by atoms with Gasteiger partial charge in [-0.05, 0) is 31.0 Å². The molecule has 1 aromatic carbocycles. The Labute approximate surface area is 132 Å². The third-order valence-corrected chi connectivity index (χ3v) is 5.08. The van der Waals surface area contributed by atoms with E-state index in [0.29, 0.717) is 24.1 Å². The Bertz CT molecular complexity index is 704. The van der Waals surface area contributed by atoms with E-state index in [0.717, 1.165) is 36.3 Å². The molecule has 1 aromatic rings. The van der Waals surface area contributed by atoms with Gasteiger partial charge < -0.3 is 10.0 Å². The SMILES string of the molecule is CN(C(=O)c1ccc2c(c1)N=S=N2)C1(C(=O)O)CCCCC1. The summed E-state index contributed by atoms with van der Waals surface area (Å²) in [4.78, 5) is 25.9. The molecule has 1 aliphatic heterocycles. The van der Waals surface area contributed by atoms with Crippen LogP contribution in [0.2, 0.25) is 0 Å². The molecule has 1 aliphatic carbocycles. The van der Waals surface area contributed by atoms with Gasteiger partial charge in [-0.3, -0.25) is 4.79 Å². The van der Waals surface area contributed by atoms with Gasteiger partial charge in [0.15, 0.2) is 0 Å². The Kier molecular flexibility index (Phi) is 3.82. The monoisotopic (exact) mass is 319 g/mol. The molecule has 0 atom stereocenters. The van der Waals surface area contributed by atoms with E-state index in [9.17, 15) is 14.7 Å². The van der Waals surface area contributed by atoms with Gasteiger partial charge >= 0.3 is 5.97 Å². The topological polar surface area (TPSA) is 82.3 Å². The third kappa shape index (κ3) is 2.35. The first-order valence-corrected chi connectivity index (χ1v) is 8.01. The third-order valence-electron chi connectivity index (χ3n) is 4.53. The number of carbonyl (C=O) groups excluding carboxylic acids is 1. The predicted octanol–water partition coefficient (Wildman–Crippen LogP) is 3.27. The predicted molar refractivity (Wildman–Crippen MR) is 83.5 cm³/mol. The van der Waals surface area contributed by atoms with E-state index in [1.54, 1.807) is 25.2 Å². The van der Waals surface area contributed by atoms with Crippen molar-refractivity contribution >= 4 is 34.6 Å². The zero-order valence-electron chi connectivity index (χ0n) is 12.3. The number of carboxylic acids is 1. The Morgan fingerprint density at radius 1 is 1.18 bits per heavy atom. The summed E-state index contributed by atoms with van der Waals surface area (Å²) >= 11 is 1.09. The number of aliphatic carboxylic acids is 1. The van der Waals surface area contributed by atoms with E-state index < -0.39 is 11.5 Å². The minimum atomic E-state index is -1.09. The summed E-state index contributed by atoms with van der Waals surface area (Å²) in [7, 11) is 1.59. The fourth-order valence-electron chi connectivity index (χ4n) is 3.13. The van der Waals surface area contributed by atoms with Crippen molar-refractivity contribution in [3.63, 3.8) is 0 Å². The summed E-state index contributed by atoms with van der Waals surface area (Å²) in [5.41, 5.74) is 0.769. The molecule has 6 nitrogen and oxygen atoms in total. The summed E-state index contributed by atoms with van der Waals surface area (Å²) in [6.07, 6.45) is 3.70. The molecule has 0 spiro atoms. The van der Waals surface area contributed by atoms with E-state index in [-0.39, 0.29) is 5.91 Å². The molecule has 0 aromatic heterocycles. The summed E-state index contributed by atoms with van der Waals surface area (Å²) in [6, 6.07) is 5.10. The first-order chi connectivity index (χ1) is 10.5. The summed E-state index contributed by atoms with van der Waals surface area (Å²) in [5.74, 6) is -1.20. The number of likely N-dealkylation sites (N-methyl/N-ethyl adjacent to an activating group) is 1. The minimum Gasteiger partial charge on any atom is -0.479 e. The Morgan fingerprint density at radius 2 is 1.86 bits per heavy atom. The highest BCUT2D eigenvalue weighted by atomic mass is 32.1. The minimum absolute atomic E-state index is 0.279. The van der Waals surface area contributed by atoms with Crippen molar-refractivity contribution in [2.24, 2.45) is 8.73 Å². The standard InChI is InChI=1S/C15H17N3O3S/c1-18(15(14(20)21)7-3-2-4-8-15)13(19)10-5-6-11-12(9-10)17-22-16-11/h5-6,9H,2-4,7-8H2,1H3,(H,20,21). The number of benzene rings is 1. The largest absolute Gasteiger partial charge is 0.479 e. The molecule has 0 radical (unpaired) electrons. The quantitative estimate of drug-likeness (QED) is 0.942. The van der Waals surface area contributed by atoms with Crippen LogP contribution in [0.25, 0.3) is 0 Å². The smallest absolute Gasteiger partial charge is 0.329 e. The van der Waals surface area contributed by atoms with Gasteiger partial charge in [0, 0.05) is 12.6 Å². The van der Waals surface area contributed by atoms with Crippen LogP contribution in [0.15, 0.2) is 26.9 Å². The van der Waals surface area contributed by atoms with Crippen molar-refractivity contribution in [2.75, 3.05) is 7.05 Å². The average Bonchev–Trinajstić information content (AvgIpc) is 3.01. The van der Waals surface area contributed by atoms with Crippen LogP contribution in [0.5, 0.6) is 0 Å². The highest BCUT2D eigenvalue weighted by Crippen LogP contribution is 2.36. The Balaban J connectivity index is 1.90. The lowest BCUT2D eigenvalue weighted by Crippen LogP contribution is -2.56. The summed E-state index contributed by atoms with van der Waals surface area (Å²) < 4.78 is 8.24. The van der Waals surface area contributed by atoms with Crippen LogP contribution in [-0.4, -0.2) is 34.5 Å². The summed E-state index contributed by atoms with van der Waals surface area (Å²) in [6.45, 7) is 0. The number of carboxylic acid groups (broad SMARTS) is 1. The van der Waals surface area contributed by atoms with Crippen molar-refractivity contribution in [2.45, 2.75) is 37.6 Å². The van der Waals surface area contributed by atoms with Crippen LogP contribution in [0.4, 0.5) is 11.4 Å². The van der Waals surface area contributed by atoms with Gasteiger partial charge in [0.25, 0.3) is 5.91 Å². The maximum absolute atomic E-state index is 12.7. The number of rotatable bonds is 3. The lowest BCUT2D eigenvalue weighted by atomic mass is 9.80. The second-order valence-electron chi connectivity index (χ2n) is 5.73. The zero-order chi connectivity index (χ0) is 15.7. The molecule has 2 aliphatic rings. The number of amides is 1. The Morgan fingerprint density at radius 3 is 2.55 bits per heavy atom. The van der Waals surface area contributed by atoms with E-state index in [1.807, 2.05) is 0 Å². The number of fused-ring (bicyclic) bond motifs is 1. The van der Waals surface area contributed by atoms with E-state index in [4.69, 9.17) is 0 Å². The molecule has 0 unspecified atom stereocenters. The van der Waals surface area contributed by atoms with Crippen molar-refractivity contribution in [1.82, 2.24) is 4.90 Å². The van der Waals surface area contributed by atoms with Gasteiger partial charge in [-0.25, -0.2) is 4.79 Å². The molecule has 1 heterocycles. The zero-order valence-corrected chi connectivity index (χ0v) is 13.1. The van der Waals surface area contributed by atoms with Gasteiger partial charge in [0.2, 0.25) is 0 Å². The number of hydrogen-bond acceptors (Lipinski definition) is 4. The molecule has 1 saturated carbocycles. The van der Waals surface area contributed by atoms with Gasteiger partial charge in [-0.1, -0.05) is 19.3 Å². The Hall–Kier alpha value is -2.02. The van der Waals surface area contributed by atoms with Gasteiger partial charge in [-0.2, -0.15) is 8.73 Å². The first kappa shape index (κ1) is 14.9. The van der Waals surface area contributed by atoms with Crippen LogP contribution < -0.4 is 0 Å². The highest BCUT2D eigenvalue weighted by molar-refractivity contribution is 7.58. The lowest BCUT2D eigenvalue weighted by molar-refractivity contribution is -0.151. The molecular formula is C15H17N3O3S. The van der Waals surface area contributed by atoms with E-state index >= 15 is 0 Å². The van der Waals surface area contributed by atoms with Crippen molar-refractivity contribution in [3.05, 3.63) is 23.8 Å². The lowest BCUT2D eigenvalue weighted by Gasteiger charge is -2.41. The molecule has 1 fully saturated rings. The molecule has 1 amide bonds. The maximum Gasteiger partial charge on any atom is 0.329 e. The van der Waals surface area contributed by atoms with Crippen molar-refractivity contribution < 1.29 is 14.7 Å². The molecule has 7 heteroatoms. The van der Waals surface area contributed by atoms with Crippen molar-refractivity contribution in [1.29, 1.82) is 0 Å². The van der Waals surface area contributed by atoms with Crippen LogP contribution in [0.3, 0.4) is 0 Å². The average molecular weight is 319 g/mol. The van der Waals surface area contributed by atoms with Gasteiger partial charge in [0.1, 0.15) is 16.9 Å². The first-order valence-electron chi connectivity index (χ1n) is 7.28. The van der Waals surface area contributed by atoms with Gasteiger partial charge in [-0.15, -0.1) is 0 Å². The van der Waals surface area contributed by atoms with Crippen LogP contribution in [-0.2, 0) is 16.1 Å². The van der Waals surface area contributed by atoms with Crippen LogP contribution in [0, 0.1) is 0 Å². The highest BCUT2D eigenvalue weighted by Gasteiger charge is 2.45. The molecule has 116 valence electrons. The van der Waals surface area contributed by atoms with Crippen LogP contribution in [0.1, 0.15) is 42.5 Å². The van der Waals surface area contributed by atoms with Gasteiger partial charge in [0.05, 0.1) is 11.4 Å². The maximum atomic E-state index is 12.7. The van der Waals surface area contributed by atoms with Crippen molar-refractivity contribution in [3.8, 4) is 0 Å². The van der Waals surface area contributed by atoms with E-state index in [2.05, 4.69) is 8.73 Å². The second kappa shape index (κ2) is 5.64. The van der Waals surface area contributed by atoms with Crippen LogP contribution >= 0.6 is 0 Å². The molecule has 1 N–H and O–H groups in total. The molecule has 0 bridgehead atoms. The fourth-order valence-corrected chi connectivity index (χ4v) is 3.65. The molecule has 0 saturated heterocycles. The molecule has 3 rings (SSSR count). The summed E-state index contributed by atoms with van der Waals surface area (Å²) in [5, 5.41) is 9.68. The molecule has 22 heavy (non-hydrogen) atoms. The number of nitrogens with zero attached hydrogens (tertiary/aromatic N) is 3. The number of carbonyl (C=O) groups is 2. The van der Waals surface area contributed by atoms with E-state index in [1.165, 1.54) is 4.90 Å². The fraction of sp³-hybridized carbons (Fsp3) is 0.467.